The zero-order valence-electron chi connectivity index (χ0n) is 10.3. The fourth-order valence-electron chi connectivity index (χ4n) is 1.45. The summed E-state index contributed by atoms with van der Waals surface area (Å²) in [6, 6.07) is 3.18. The topological polar surface area (TPSA) is 130 Å². The van der Waals surface area contributed by atoms with Crippen LogP contribution >= 0.6 is 15.9 Å². The van der Waals surface area contributed by atoms with Gasteiger partial charge in [-0.15, -0.1) is 0 Å². The van der Waals surface area contributed by atoms with Gasteiger partial charge < -0.3 is 21.3 Å². The van der Waals surface area contributed by atoms with Crippen LogP contribution in [0.4, 0.5) is 5.69 Å². The molecule has 0 unspecified atom stereocenters. The van der Waals surface area contributed by atoms with Crippen LogP contribution in [0, 0.1) is 0 Å². The van der Waals surface area contributed by atoms with E-state index in [9.17, 15) is 14.4 Å². The van der Waals surface area contributed by atoms with Gasteiger partial charge in [0.2, 0.25) is 0 Å². The van der Waals surface area contributed by atoms with Crippen molar-refractivity contribution in [1.82, 2.24) is 5.32 Å². The number of nitrogens with one attached hydrogen (secondary N) is 1. The maximum absolute atomic E-state index is 11.9. The molecule has 0 radical (unpaired) electrons. The molecule has 0 aromatic heterocycles. The Balaban J connectivity index is 2.77. The first-order chi connectivity index (χ1) is 9.31. The van der Waals surface area contributed by atoms with E-state index in [0.717, 1.165) is 0 Å². The van der Waals surface area contributed by atoms with Crippen molar-refractivity contribution in [2.45, 2.75) is 18.9 Å². The van der Waals surface area contributed by atoms with Crippen LogP contribution in [0.25, 0.3) is 0 Å². The second-order valence-corrected chi connectivity index (χ2v) is 4.89. The Bertz CT molecular complexity index is 547. The zero-order valence-corrected chi connectivity index (χ0v) is 11.9. The zero-order chi connectivity index (χ0) is 15.3. The number of aliphatic carboxylic acids is 2. The number of carboxylic acids is 2. The van der Waals surface area contributed by atoms with Crippen molar-refractivity contribution in [3.05, 3.63) is 28.2 Å². The van der Waals surface area contributed by atoms with Crippen LogP contribution in [0.3, 0.4) is 0 Å². The van der Waals surface area contributed by atoms with Gasteiger partial charge in [-0.25, -0.2) is 4.79 Å². The van der Waals surface area contributed by atoms with E-state index < -0.39 is 23.9 Å². The molecule has 0 bridgehead atoms. The van der Waals surface area contributed by atoms with E-state index in [-0.39, 0.29) is 18.4 Å². The van der Waals surface area contributed by atoms with Crippen molar-refractivity contribution >= 4 is 39.5 Å². The number of amides is 1. The Morgan fingerprint density at radius 2 is 1.95 bits per heavy atom. The molecule has 0 spiro atoms. The van der Waals surface area contributed by atoms with Crippen LogP contribution in [0.1, 0.15) is 23.2 Å². The summed E-state index contributed by atoms with van der Waals surface area (Å²) < 4.78 is 0.620. The van der Waals surface area contributed by atoms with Crippen LogP contribution in [0.2, 0.25) is 0 Å². The number of nitrogens with two attached hydrogens (primary N) is 1. The number of carboxylic acid groups (broad SMARTS) is 2. The highest BCUT2D eigenvalue weighted by atomic mass is 79.9. The molecule has 0 saturated carbocycles. The minimum Gasteiger partial charge on any atom is -0.481 e. The molecular weight excluding hydrogens is 332 g/mol. The third-order valence-corrected chi connectivity index (χ3v) is 3.23. The number of nitrogen functional groups attached to an aromatic ring is 1. The molecule has 0 aliphatic rings. The average molecular weight is 345 g/mol. The van der Waals surface area contributed by atoms with E-state index in [2.05, 4.69) is 21.2 Å². The Morgan fingerprint density at radius 1 is 1.30 bits per heavy atom. The highest BCUT2D eigenvalue weighted by molar-refractivity contribution is 9.10. The molecule has 1 amide bonds. The first kappa shape index (κ1) is 16.0. The summed E-state index contributed by atoms with van der Waals surface area (Å²) in [5.41, 5.74) is 6.17. The molecule has 1 aromatic carbocycles. The quantitative estimate of drug-likeness (QED) is 0.571. The van der Waals surface area contributed by atoms with Crippen LogP contribution in [0.5, 0.6) is 0 Å². The summed E-state index contributed by atoms with van der Waals surface area (Å²) >= 11 is 3.18. The van der Waals surface area contributed by atoms with Gasteiger partial charge in [-0.05, 0) is 40.5 Å². The fraction of sp³-hybridized carbons (Fsp3) is 0.250. The highest BCUT2D eigenvalue weighted by Gasteiger charge is 2.21. The van der Waals surface area contributed by atoms with E-state index in [0.29, 0.717) is 10.2 Å². The van der Waals surface area contributed by atoms with Crippen molar-refractivity contribution in [1.29, 1.82) is 0 Å². The van der Waals surface area contributed by atoms with Gasteiger partial charge in [0.05, 0.1) is 0 Å². The largest absolute Gasteiger partial charge is 0.481 e. The molecule has 1 aromatic rings. The number of anilines is 1. The lowest BCUT2D eigenvalue weighted by Gasteiger charge is -2.13. The molecule has 1 atom stereocenters. The smallest absolute Gasteiger partial charge is 0.326 e. The molecule has 5 N–H and O–H groups in total. The predicted molar refractivity (Wildman–Crippen MR) is 74.3 cm³/mol. The lowest BCUT2D eigenvalue weighted by Crippen LogP contribution is -2.41. The number of carbonyl (C=O) groups is 3. The third kappa shape index (κ3) is 4.54. The Labute approximate surface area is 122 Å². The van der Waals surface area contributed by atoms with Crippen molar-refractivity contribution in [3.8, 4) is 0 Å². The summed E-state index contributed by atoms with van der Waals surface area (Å²) in [5, 5.41) is 19.7. The summed E-state index contributed by atoms with van der Waals surface area (Å²) in [6.07, 6.45) is -0.540. The molecule has 20 heavy (non-hydrogen) atoms. The van der Waals surface area contributed by atoms with Crippen molar-refractivity contribution in [3.63, 3.8) is 0 Å². The minimum absolute atomic E-state index is 0.192. The minimum atomic E-state index is -1.29. The van der Waals surface area contributed by atoms with E-state index in [1.165, 1.54) is 12.1 Å². The van der Waals surface area contributed by atoms with E-state index in [1.807, 2.05) is 0 Å². The first-order valence-electron chi connectivity index (χ1n) is 5.61. The van der Waals surface area contributed by atoms with Crippen LogP contribution in [0.15, 0.2) is 22.7 Å². The van der Waals surface area contributed by atoms with Gasteiger partial charge in [0.15, 0.2) is 0 Å². The van der Waals surface area contributed by atoms with Crippen LogP contribution in [-0.4, -0.2) is 34.1 Å². The standard InChI is InChI=1S/C12H13BrN2O5/c13-7-2-1-6(5-8(7)14)11(18)15-9(12(19)20)3-4-10(16)17/h1-2,5,9H,3-4,14H2,(H,15,18)(H,16,17)(H,19,20)/t9-/m0/s1. The maximum Gasteiger partial charge on any atom is 0.326 e. The van der Waals surface area contributed by atoms with Crippen molar-refractivity contribution < 1.29 is 24.6 Å². The van der Waals surface area contributed by atoms with Gasteiger partial charge in [0, 0.05) is 22.1 Å². The Hall–Kier alpha value is -2.09. The molecule has 8 heteroatoms. The van der Waals surface area contributed by atoms with Gasteiger partial charge in [0.25, 0.3) is 5.91 Å². The fourth-order valence-corrected chi connectivity index (χ4v) is 1.70. The second kappa shape index (κ2) is 6.90. The molecule has 108 valence electrons. The summed E-state index contributed by atoms with van der Waals surface area (Å²) in [6.45, 7) is 0. The van der Waals surface area contributed by atoms with Gasteiger partial charge in [0.1, 0.15) is 6.04 Å². The summed E-state index contributed by atoms with van der Waals surface area (Å²) in [7, 11) is 0. The van der Waals surface area contributed by atoms with E-state index in [1.54, 1.807) is 6.07 Å². The highest BCUT2D eigenvalue weighted by Crippen LogP contribution is 2.20. The molecule has 0 aliphatic heterocycles. The second-order valence-electron chi connectivity index (χ2n) is 4.03. The van der Waals surface area contributed by atoms with Gasteiger partial charge in [-0.1, -0.05) is 0 Å². The first-order valence-corrected chi connectivity index (χ1v) is 6.41. The number of hydrogen-bond donors (Lipinski definition) is 4. The van der Waals surface area contributed by atoms with Gasteiger partial charge >= 0.3 is 11.9 Å². The third-order valence-electron chi connectivity index (χ3n) is 2.51. The average Bonchev–Trinajstić information content (AvgIpc) is 2.36. The summed E-state index contributed by atoms with van der Waals surface area (Å²) in [5.74, 6) is -3.04. The maximum atomic E-state index is 11.9. The van der Waals surface area contributed by atoms with Crippen LogP contribution < -0.4 is 11.1 Å². The monoisotopic (exact) mass is 344 g/mol. The molecule has 0 aliphatic carbocycles. The molecular formula is C12H13BrN2O5. The number of benzene rings is 1. The lowest BCUT2D eigenvalue weighted by atomic mass is 10.1. The number of halogens is 1. The normalized spacial score (nSPS) is 11.7. The Morgan fingerprint density at radius 3 is 2.45 bits per heavy atom. The number of hydrogen-bond acceptors (Lipinski definition) is 4. The van der Waals surface area contributed by atoms with Crippen LogP contribution in [-0.2, 0) is 9.59 Å². The lowest BCUT2D eigenvalue weighted by molar-refractivity contribution is -0.140. The molecule has 7 nitrogen and oxygen atoms in total. The number of rotatable bonds is 6. The summed E-state index contributed by atoms with van der Waals surface area (Å²) in [4.78, 5) is 33.3. The number of carbonyl (C=O) groups excluding carboxylic acids is 1. The van der Waals surface area contributed by atoms with Crippen molar-refractivity contribution in [2.24, 2.45) is 0 Å². The van der Waals surface area contributed by atoms with Gasteiger partial charge in [-0.3, -0.25) is 9.59 Å². The molecule has 1 rings (SSSR count). The molecule has 0 saturated heterocycles. The SMILES string of the molecule is Nc1cc(C(=O)N[C@@H](CCC(=O)O)C(=O)O)ccc1Br. The van der Waals surface area contributed by atoms with E-state index >= 15 is 0 Å². The molecule has 0 heterocycles. The van der Waals surface area contributed by atoms with Crippen molar-refractivity contribution in [2.75, 3.05) is 5.73 Å². The van der Waals surface area contributed by atoms with Gasteiger partial charge in [-0.2, -0.15) is 0 Å². The van der Waals surface area contributed by atoms with E-state index in [4.69, 9.17) is 15.9 Å². The molecule has 0 fully saturated rings. The predicted octanol–water partition coefficient (Wildman–Crippen LogP) is 1.08. The Kier molecular flexibility index (Phi) is 5.51.